The van der Waals surface area contributed by atoms with Gasteiger partial charge in [-0.05, 0) is 25.9 Å². The van der Waals surface area contributed by atoms with Crippen molar-refractivity contribution in [3.05, 3.63) is 0 Å². The molecule has 0 aromatic carbocycles. The van der Waals surface area contributed by atoms with Crippen LogP contribution in [0.15, 0.2) is 0 Å². The highest BCUT2D eigenvalue weighted by Crippen LogP contribution is 2.07. The Morgan fingerprint density at radius 1 is 1.36 bits per heavy atom. The fourth-order valence-corrected chi connectivity index (χ4v) is 1.88. The number of carbonyl (C=O) groups excluding carboxylic acids is 1. The van der Waals surface area contributed by atoms with Gasteiger partial charge in [0.1, 0.15) is 0 Å². The molecule has 0 atom stereocenters. The van der Waals surface area contributed by atoms with E-state index in [-0.39, 0.29) is 11.9 Å². The predicted octanol–water partition coefficient (Wildman–Crippen LogP) is -0.0127. The minimum Gasteiger partial charge on any atom is -0.377 e. The minimum atomic E-state index is 0.171. The van der Waals surface area contributed by atoms with Crippen molar-refractivity contribution in [3.63, 3.8) is 0 Å². The Morgan fingerprint density at radius 3 is 2.64 bits per heavy atom. The Balaban J connectivity index is 1.57. The standard InChI is InChI=1S/C10H18N2O2/c13-10(11-9-7-14-8-9)3-6-12-4-1-2-5-12/h9H,1-8H2,(H,11,13). The molecule has 4 nitrogen and oxygen atoms in total. The van der Waals surface area contributed by atoms with E-state index in [0.29, 0.717) is 19.6 Å². The Labute approximate surface area is 84.6 Å². The molecule has 4 heteroatoms. The van der Waals surface area contributed by atoms with Crippen molar-refractivity contribution < 1.29 is 9.53 Å². The number of hydrogen-bond acceptors (Lipinski definition) is 3. The summed E-state index contributed by atoms with van der Waals surface area (Å²) in [5, 5.41) is 2.95. The second-order valence-corrected chi connectivity index (χ2v) is 4.10. The SMILES string of the molecule is O=C(CCN1CCCC1)NC1COC1. The lowest BCUT2D eigenvalue weighted by Crippen LogP contribution is -2.49. The lowest BCUT2D eigenvalue weighted by atomic mass is 10.2. The van der Waals surface area contributed by atoms with Crippen molar-refractivity contribution in [1.82, 2.24) is 10.2 Å². The average Bonchev–Trinajstić information content (AvgIpc) is 2.60. The maximum absolute atomic E-state index is 11.4. The molecule has 2 aliphatic heterocycles. The fraction of sp³-hybridized carbons (Fsp3) is 0.900. The van der Waals surface area contributed by atoms with E-state index in [1.807, 2.05) is 0 Å². The van der Waals surface area contributed by atoms with Crippen LogP contribution in [0.3, 0.4) is 0 Å². The van der Waals surface area contributed by atoms with Gasteiger partial charge in [-0.25, -0.2) is 0 Å². The van der Waals surface area contributed by atoms with Crippen molar-refractivity contribution in [1.29, 1.82) is 0 Å². The molecule has 1 amide bonds. The number of ether oxygens (including phenoxy) is 1. The van der Waals surface area contributed by atoms with E-state index in [1.165, 1.54) is 25.9 Å². The van der Waals surface area contributed by atoms with Crippen LogP contribution in [0.1, 0.15) is 19.3 Å². The van der Waals surface area contributed by atoms with E-state index in [4.69, 9.17) is 4.74 Å². The lowest BCUT2D eigenvalue weighted by Gasteiger charge is -2.27. The fourth-order valence-electron chi connectivity index (χ4n) is 1.88. The van der Waals surface area contributed by atoms with E-state index in [2.05, 4.69) is 10.2 Å². The van der Waals surface area contributed by atoms with Gasteiger partial charge >= 0.3 is 0 Å². The van der Waals surface area contributed by atoms with Gasteiger partial charge in [0.15, 0.2) is 0 Å². The summed E-state index contributed by atoms with van der Waals surface area (Å²) in [5.41, 5.74) is 0. The van der Waals surface area contributed by atoms with Gasteiger partial charge < -0.3 is 15.0 Å². The molecule has 0 spiro atoms. The summed E-state index contributed by atoms with van der Waals surface area (Å²) in [7, 11) is 0. The van der Waals surface area contributed by atoms with Crippen LogP contribution in [0, 0.1) is 0 Å². The molecule has 0 bridgehead atoms. The van der Waals surface area contributed by atoms with Crippen LogP contribution >= 0.6 is 0 Å². The Kier molecular flexibility index (Phi) is 3.37. The third-order valence-electron chi connectivity index (χ3n) is 2.86. The Morgan fingerprint density at radius 2 is 2.07 bits per heavy atom. The van der Waals surface area contributed by atoms with E-state index < -0.39 is 0 Å². The summed E-state index contributed by atoms with van der Waals surface area (Å²) < 4.78 is 4.99. The van der Waals surface area contributed by atoms with Gasteiger partial charge in [0, 0.05) is 13.0 Å². The summed E-state index contributed by atoms with van der Waals surface area (Å²) in [5.74, 6) is 0.171. The number of nitrogens with zero attached hydrogens (tertiary/aromatic N) is 1. The van der Waals surface area contributed by atoms with Crippen molar-refractivity contribution in [2.75, 3.05) is 32.8 Å². The Bertz CT molecular complexity index is 198. The number of amides is 1. The monoisotopic (exact) mass is 198 g/mol. The van der Waals surface area contributed by atoms with Crippen LogP contribution in [0.2, 0.25) is 0 Å². The minimum absolute atomic E-state index is 0.171. The number of nitrogens with one attached hydrogen (secondary N) is 1. The third-order valence-corrected chi connectivity index (χ3v) is 2.86. The smallest absolute Gasteiger partial charge is 0.221 e. The molecule has 0 radical (unpaired) electrons. The molecular weight excluding hydrogens is 180 g/mol. The zero-order chi connectivity index (χ0) is 9.80. The average molecular weight is 198 g/mol. The van der Waals surface area contributed by atoms with Gasteiger partial charge in [0.05, 0.1) is 19.3 Å². The normalized spacial score (nSPS) is 23.4. The van der Waals surface area contributed by atoms with E-state index >= 15 is 0 Å². The largest absolute Gasteiger partial charge is 0.377 e. The van der Waals surface area contributed by atoms with Crippen LogP contribution in [0.25, 0.3) is 0 Å². The van der Waals surface area contributed by atoms with Crippen molar-refractivity contribution in [2.24, 2.45) is 0 Å². The molecule has 2 rings (SSSR count). The highest BCUT2D eigenvalue weighted by molar-refractivity contribution is 5.76. The first-order valence-corrected chi connectivity index (χ1v) is 5.44. The zero-order valence-corrected chi connectivity index (χ0v) is 8.50. The first-order valence-electron chi connectivity index (χ1n) is 5.44. The molecule has 14 heavy (non-hydrogen) atoms. The van der Waals surface area contributed by atoms with E-state index in [1.54, 1.807) is 0 Å². The summed E-state index contributed by atoms with van der Waals surface area (Å²) >= 11 is 0. The van der Waals surface area contributed by atoms with Crippen LogP contribution in [0.5, 0.6) is 0 Å². The topological polar surface area (TPSA) is 41.6 Å². The lowest BCUT2D eigenvalue weighted by molar-refractivity contribution is -0.125. The third kappa shape index (κ3) is 2.69. The van der Waals surface area contributed by atoms with Gasteiger partial charge in [0.2, 0.25) is 5.91 Å². The maximum atomic E-state index is 11.4. The molecular formula is C10H18N2O2. The van der Waals surface area contributed by atoms with E-state index in [0.717, 1.165) is 6.54 Å². The summed E-state index contributed by atoms with van der Waals surface area (Å²) in [6.07, 6.45) is 3.21. The molecule has 80 valence electrons. The first-order chi connectivity index (χ1) is 6.84. The molecule has 0 aromatic rings. The number of rotatable bonds is 4. The number of likely N-dealkylation sites (tertiary alicyclic amines) is 1. The van der Waals surface area contributed by atoms with Crippen LogP contribution in [-0.4, -0.2) is 49.7 Å². The predicted molar refractivity (Wildman–Crippen MR) is 53.0 cm³/mol. The highest BCUT2D eigenvalue weighted by atomic mass is 16.5. The zero-order valence-electron chi connectivity index (χ0n) is 8.50. The van der Waals surface area contributed by atoms with Crippen molar-refractivity contribution in [3.8, 4) is 0 Å². The molecule has 0 unspecified atom stereocenters. The molecule has 0 aromatic heterocycles. The highest BCUT2D eigenvalue weighted by Gasteiger charge is 2.20. The number of hydrogen-bond donors (Lipinski definition) is 1. The van der Waals surface area contributed by atoms with Gasteiger partial charge in [0.25, 0.3) is 0 Å². The second-order valence-electron chi connectivity index (χ2n) is 4.10. The van der Waals surface area contributed by atoms with Crippen LogP contribution in [-0.2, 0) is 9.53 Å². The summed E-state index contributed by atoms with van der Waals surface area (Å²) in [6, 6.07) is 0.279. The van der Waals surface area contributed by atoms with Gasteiger partial charge in [-0.1, -0.05) is 0 Å². The quantitative estimate of drug-likeness (QED) is 0.690. The van der Waals surface area contributed by atoms with Crippen LogP contribution in [0.4, 0.5) is 0 Å². The Hall–Kier alpha value is -0.610. The summed E-state index contributed by atoms with van der Waals surface area (Å²) in [6.45, 7) is 4.63. The molecule has 0 saturated carbocycles. The first kappa shape index (κ1) is 9.93. The van der Waals surface area contributed by atoms with Crippen molar-refractivity contribution in [2.45, 2.75) is 25.3 Å². The molecule has 2 aliphatic rings. The van der Waals surface area contributed by atoms with Crippen LogP contribution < -0.4 is 5.32 Å². The molecule has 0 aliphatic carbocycles. The number of carbonyl (C=O) groups is 1. The molecule has 2 heterocycles. The van der Waals surface area contributed by atoms with Gasteiger partial charge in [-0.2, -0.15) is 0 Å². The maximum Gasteiger partial charge on any atom is 0.221 e. The molecule has 2 fully saturated rings. The summed E-state index contributed by atoms with van der Waals surface area (Å²) in [4.78, 5) is 13.8. The van der Waals surface area contributed by atoms with Crippen molar-refractivity contribution >= 4 is 5.91 Å². The van der Waals surface area contributed by atoms with Gasteiger partial charge in [-0.3, -0.25) is 4.79 Å². The molecule has 2 saturated heterocycles. The van der Waals surface area contributed by atoms with Gasteiger partial charge in [-0.15, -0.1) is 0 Å². The second kappa shape index (κ2) is 4.75. The molecule has 1 N–H and O–H groups in total. The van der Waals surface area contributed by atoms with E-state index in [9.17, 15) is 4.79 Å².